The van der Waals surface area contributed by atoms with E-state index in [-0.39, 0.29) is 17.1 Å². The summed E-state index contributed by atoms with van der Waals surface area (Å²) in [6, 6.07) is 15.9. The lowest BCUT2D eigenvalue weighted by molar-refractivity contribution is 0.211. The van der Waals surface area contributed by atoms with Crippen LogP contribution < -0.4 is 31.6 Å². The Hall–Kier alpha value is -5.00. The van der Waals surface area contributed by atoms with Gasteiger partial charge in [-0.1, -0.05) is 41.9 Å². The van der Waals surface area contributed by atoms with Crippen molar-refractivity contribution in [3.63, 3.8) is 0 Å². The molecule has 5 heterocycles. The molecular formula is C37H39ClN8O3. The van der Waals surface area contributed by atoms with Gasteiger partial charge in [0.1, 0.15) is 5.82 Å². The highest BCUT2D eigenvalue weighted by atomic mass is 35.5. The Morgan fingerprint density at radius 3 is 2.61 bits per heavy atom. The van der Waals surface area contributed by atoms with E-state index >= 15 is 0 Å². The summed E-state index contributed by atoms with van der Waals surface area (Å²) in [6.45, 7) is 4.80. The summed E-state index contributed by atoms with van der Waals surface area (Å²) >= 11 is 7.06. The molecule has 252 valence electrons. The monoisotopic (exact) mass is 678 g/mol. The second-order valence-electron chi connectivity index (χ2n) is 12.8. The van der Waals surface area contributed by atoms with Gasteiger partial charge < -0.3 is 26.0 Å². The smallest absolute Gasteiger partial charge is 0.315 e. The van der Waals surface area contributed by atoms with Gasteiger partial charge in [0.25, 0.3) is 5.56 Å². The molecule has 1 unspecified atom stereocenters. The zero-order chi connectivity index (χ0) is 34.1. The minimum Gasteiger partial charge on any atom is -0.481 e. The predicted octanol–water partition coefficient (Wildman–Crippen LogP) is 5.68. The van der Waals surface area contributed by atoms with E-state index in [0.717, 1.165) is 90.8 Å². The Balaban J connectivity index is 0.000000290. The third kappa shape index (κ3) is 6.31. The average Bonchev–Trinajstić information content (AvgIpc) is 3.77. The van der Waals surface area contributed by atoms with E-state index in [1.54, 1.807) is 32.6 Å². The molecule has 3 aromatic heterocycles. The van der Waals surface area contributed by atoms with Gasteiger partial charge >= 0.3 is 6.03 Å². The number of methoxy groups -OCH3 is 1. The number of carbonyl (C=O) groups excluding carboxylic acids is 1. The number of ether oxygens (including phenoxy) is 1. The Morgan fingerprint density at radius 1 is 1.02 bits per heavy atom. The van der Waals surface area contributed by atoms with E-state index < -0.39 is 0 Å². The van der Waals surface area contributed by atoms with Gasteiger partial charge in [0.2, 0.25) is 5.88 Å². The lowest BCUT2D eigenvalue weighted by atomic mass is 9.93. The van der Waals surface area contributed by atoms with Gasteiger partial charge in [0, 0.05) is 54.1 Å². The van der Waals surface area contributed by atoms with Crippen molar-refractivity contribution in [2.45, 2.75) is 44.6 Å². The minimum atomic E-state index is -0.208. The van der Waals surface area contributed by atoms with Crippen LogP contribution in [0.1, 0.15) is 36.0 Å². The van der Waals surface area contributed by atoms with E-state index in [9.17, 15) is 9.59 Å². The second kappa shape index (κ2) is 13.5. The van der Waals surface area contributed by atoms with Gasteiger partial charge in [0.15, 0.2) is 0 Å². The van der Waals surface area contributed by atoms with Gasteiger partial charge in [-0.05, 0) is 80.5 Å². The number of halogens is 1. The van der Waals surface area contributed by atoms with Crippen LogP contribution in [-0.2, 0) is 19.9 Å². The van der Waals surface area contributed by atoms with Crippen molar-refractivity contribution in [3.8, 4) is 28.3 Å². The number of amides is 2. The number of nitrogens with zero attached hydrogens (tertiary/aromatic N) is 4. The zero-order valence-electron chi connectivity index (χ0n) is 27.8. The molecule has 1 atom stereocenters. The maximum absolute atomic E-state index is 12.8. The predicted molar refractivity (Wildman–Crippen MR) is 193 cm³/mol. The molecule has 0 bridgehead atoms. The minimum absolute atomic E-state index is 0.0139. The maximum Gasteiger partial charge on any atom is 0.315 e. The number of rotatable bonds is 5. The zero-order valence-corrected chi connectivity index (χ0v) is 28.6. The van der Waals surface area contributed by atoms with Crippen molar-refractivity contribution >= 4 is 39.9 Å². The molecule has 2 saturated heterocycles. The fraction of sp³-hybridized carbons (Fsp3) is 0.324. The first-order valence-electron chi connectivity index (χ1n) is 16.6. The lowest BCUT2D eigenvalue weighted by Gasteiger charge is -2.33. The molecule has 8 rings (SSSR count). The first-order valence-corrected chi connectivity index (χ1v) is 17.0. The molecule has 1 aliphatic carbocycles. The molecule has 4 N–H and O–H groups in total. The number of carbonyl (C=O) groups is 1. The van der Waals surface area contributed by atoms with E-state index in [1.165, 1.54) is 15.8 Å². The fourth-order valence-electron chi connectivity index (χ4n) is 7.07. The van der Waals surface area contributed by atoms with Crippen LogP contribution in [0.5, 0.6) is 5.88 Å². The highest BCUT2D eigenvalue weighted by molar-refractivity contribution is 6.36. The summed E-state index contributed by atoms with van der Waals surface area (Å²) in [5.74, 6) is 1.17. The fourth-order valence-corrected chi connectivity index (χ4v) is 7.40. The van der Waals surface area contributed by atoms with Crippen LogP contribution in [-0.4, -0.2) is 58.1 Å². The van der Waals surface area contributed by atoms with Crippen LogP contribution in [0.2, 0.25) is 5.02 Å². The van der Waals surface area contributed by atoms with Crippen molar-refractivity contribution in [2.75, 3.05) is 32.1 Å². The summed E-state index contributed by atoms with van der Waals surface area (Å²) in [6.07, 6.45) is 8.58. The van der Waals surface area contributed by atoms with Crippen molar-refractivity contribution in [2.24, 2.45) is 7.05 Å². The Labute approximate surface area is 289 Å². The van der Waals surface area contributed by atoms with Gasteiger partial charge in [-0.3, -0.25) is 4.79 Å². The molecular weight excluding hydrogens is 640 g/mol. The number of anilines is 2. The van der Waals surface area contributed by atoms with Crippen molar-refractivity contribution < 1.29 is 9.53 Å². The van der Waals surface area contributed by atoms with Gasteiger partial charge in [-0.2, -0.15) is 5.10 Å². The Morgan fingerprint density at radius 2 is 1.82 bits per heavy atom. The number of aryl methyl sites for hydroxylation is 2. The van der Waals surface area contributed by atoms with E-state index in [4.69, 9.17) is 21.3 Å². The van der Waals surface area contributed by atoms with Crippen molar-refractivity contribution in [1.29, 1.82) is 0 Å². The lowest BCUT2D eigenvalue weighted by Crippen LogP contribution is -2.59. The van der Waals surface area contributed by atoms with E-state index in [2.05, 4.69) is 37.4 Å². The summed E-state index contributed by atoms with van der Waals surface area (Å²) in [5.41, 5.74) is 7.71. The number of hydrogen-bond acceptors (Lipinski definition) is 8. The van der Waals surface area contributed by atoms with Gasteiger partial charge in [0.05, 0.1) is 34.9 Å². The standard InChI is InChI=1S/C30H26ClN5O2.C7H13N3O/c1-17-20(8-6-12-24(17)34-28-26-19(13-14-32-28)16-33-36(2)30(26)37)22-10-5-11-23(27(22)31)25-15-18-7-4-9-21(18)29(35-25)38-3;11-6-9-4-2-7(10-6)1-3-8-5-7/h5-6,8,10-16H,4,7,9H2,1-3H3,(H,32,34);8H,1-5H2,(H2,9,10,11). The molecule has 5 aromatic rings. The molecule has 2 amide bonds. The molecule has 2 fully saturated rings. The molecule has 49 heavy (non-hydrogen) atoms. The number of fused-ring (bicyclic) bond motifs is 2. The van der Waals surface area contributed by atoms with Gasteiger partial charge in [-0.25, -0.2) is 19.4 Å². The molecule has 12 heteroatoms. The molecule has 0 radical (unpaired) electrons. The third-order valence-corrected chi connectivity index (χ3v) is 10.2. The topological polar surface area (TPSA) is 135 Å². The van der Waals surface area contributed by atoms with Crippen LogP contribution in [0.3, 0.4) is 0 Å². The first kappa shape index (κ1) is 32.5. The quantitative estimate of drug-likeness (QED) is 0.187. The van der Waals surface area contributed by atoms with E-state index in [0.29, 0.717) is 22.1 Å². The number of aromatic nitrogens is 4. The van der Waals surface area contributed by atoms with Crippen molar-refractivity contribution in [1.82, 2.24) is 35.7 Å². The summed E-state index contributed by atoms with van der Waals surface area (Å²) in [7, 11) is 3.30. The molecule has 3 aliphatic rings. The molecule has 2 aromatic carbocycles. The summed E-state index contributed by atoms with van der Waals surface area (Å²) in [5, 5.41) is 18.3. The van der Waals surface area contributed by atoms with Crippen molar-refractivity contribution in [3.05, 3.63) is 93.0 Å². The van der Waals surface area contributed by atoms with Crippen LogP contribution in [0.4, 0.5) is 16.3 Å². The normalized spacial score (nSPS) is 18.0. The Kier molecular flexibility index (Phi) is 8.96. The van der Waals surface area contributed by atoms with Crippen LogP contribution in [0.25, 0.3) is 33.2 Å². The van der Waals surface area contributed by atoms with E-state index in [1.807, 2.05) is 43.3 Å². The SMILES string of the molecule is COc1nc(-c2cccc(-c3cccc(Nc4nccc5cnn(C)c(=O)c45)c3C)c2Cl)cc2c1CCC2.O=C1NCCC2(CCNC2)N1. The number of pyridine rings is 2. The number of urea groups is 1. The highest BCUT2D eigenvalue weighted by Gasteiger charge is 2.37. The van der Waals surface area contributed by atoms with Crippen LogP contribution >= 0.6 is 11.6 Å². The average molecular weight is 679 g/mol. The maximum atomic E-state index is 12.8. The number of nitrogens with one attached hydrogen (secondary N) is 4. The number of hydrogen-bond donors (Lipinski definition) is 4. The largest absolute Gasteiger partial charge is 0.481 e. The highest BCUT2D eigenvalue weighted by Crippen LogP contribution is 2.41. The molecule has 2 aliphatic heterocycles. The molecule has 11 nitrogen and oxygen atoms in total. The number of benzene rings is 2. The summed E-state index contributed by atoms with van der Waals surface area (Å²) in [4.78, 5) is 33.1. The first-order chi connectivity index (χ1) is 23.8. The Bertz CT molecular complexity index is 2130. The summed E-state index contributed by atoms with van der Waals surface area (Å²) < 4.78 is 6.93. The molecule has 0 saturated carbocycles. The van der Waals surface area contributed by atoms with Crippen LogP contribution in [0, 0.1) is 6.92 Å². The molecule has 1 spiro atoms. The third-order valence-electron chi connectivity index (χ3n) is 9.77. The second-order valence-corrected chi connectivity index (χ2v) is 13.2. The van der Waals surface area contributed by atoms with Crippen LogP contribution in [0.15, 0.2) is 65.7 Å². The van der Waals surface area contributed by atoms with Gasteiger partial charge in [-0.15, -0.1) is 0 Å².